The summed E-state index contributed by atoms with van der Waals surface area (Å²) in [4.78, 5) is 7.13. The van der Waals surface area contributed by atoms with Crippen LogP contribution < -0.4 is 10.6 Å². The molecule has 2 rings (SSSR count). The summed E-state index contributed by atoms with van der Waals surface area (Å²) in [5.41, 5.74) is 2.18. The van der Waals surface area contributed by atoms with E-state index in [1.807, 2.05) is 13.0 Å². The fourth-order valence-corrected chi connectivity index (χ4v) is 3.06. The molecule has 0 radical (unpaired) electrons. The first-order valence-corrected chi connectivity index (χ1v) is 9.04. The van der Waals surface area contributed by atoms with Crippen molar-refractivity contribution in [2.45, 2.75) is 33.1 Å². The van der Waals surface area contributed by atoms with Gasteiger partial charge in [0.05, 0.1) is 0 Å². The standard InChI is InChI=1S/C19H31FN4.HI/c1-4-21-19(23-14-16-8-11-24(3)12-9-16)22-10-7-17-5-6-18(20)13-15(17)2;/h5-6,13,16H,4,7-12,14H2,1-3H3,(H2,21,22,23);1H. The Balaban J connectivity index is 0.00000312. The minimum Gasteiger partial charge on any atom is -0.357 e. The summed E-state index contributed by atoms with van der Waals surface area (Å²) in [5.74, 6) is 1.41. The lowest BCUT2D eigenvalue weighted by Gasteiger charge is -2.28. The maximum atomic E-state index is 13.2. The van der Waals surface area contributed by atoms with Gasteiger partial charge in [-0.3, -0.25) is 4.99 Å². The van der Waals surface area contributed by atoms with Gasteiger partial charge < -0.3 is 15.5 Å². The van der Waals surface area contributed by atoms with Crippen LogP contribution in [0.3, 0.4) is 0 Å². The van der Waals surface area contributed by atoms with Crippen LogP contribution in [0.25, 0.3) is 0 Å². The van der Waals surface area contributed by atoms with Gasteiger partial charge in [-0.05, 0) is 82.4 Å². The molecule has 1 aromatic rings. The minimum absolute atomic E-state index is 0. The van der Waals surface area contributed by atoms with E-state index in [0.717, 1.165) is 37.6 Å². The monoisotopic (exact) mass is 462 g/mol. The molecule has 4 nitrogen and oxygen atoms in total. The molecule has 1 aromatic carbocycles. The third-order valence-electron chi connectivity index (χ3n) is 4.68. The highest BCUT2D eigenvalue weighted by atomic mass is 127. The van der Waals surface area contributed by atoms with Gasteiger partial charge in [-0.1, -0.05) is 6.07 Å². The first-order chi connectivity index (χ1) is 11.6. The Kier molecular flexibility index (Phi) is 10.3. The summed E-state index contributed by atoms with van der Waals surface area (Å²) >= 11 is 0. The first-order valence-electron chi connectivity index (χ1n) is 9.04. The van der Waals surface area contributed by atoms with Gasteiger partial charge in [0.1, 0.15) is 5.82 Å². The largest absolute Gasteiger partial charge is 0.357 e. The van der Waals surface area contributed by atoms with Gasteiger partial charge in [-0.15, -0.1) is 24.0 Å². The van der Waals surface area contributed by atoms with Gasteiger partial charge in [-0.25, -0.2) is 4.39 Å². The van der Waals surface area contributed by atoms with Crippen molar-refractivity contribution >= 4 is 29.9 Å². The maximum absolute atomic E-state index is 13.2. The number of aryl methyl sites for hydroxylation is 1. The van der Waals surface area contributed by atoms with Gasteiger partial charge in [0.25, 0.3) is 0 Å². The summed E-state index contributed by atoms with van der Waals surface area (Å²) in [6.45, 7) is 8.93. The molecule has 1 heterocycles. The molecule has 0 aromatic heterocycles. The lowest BCUT2D eigenvalue weighted by molar-refractivity contribution is 0.223. The SMILES string of the molecule is CCNC(=NCC1CCN(C)CC1)NCCc1ccc(F)cc1C.I. The average molecular weight is 462 g/mol. The van der Waals surface area contributed by atoms with E-state index >= 15 is 0 Å². The van der Waals surface area contributed by atoms with Crippen molar-refractivity contribution < 1.29 is 4.39 Å². The van der Waals surface area contributed by atoms with Gasteiger partial charge in [-0.2, -0.15) is 0 Å². The Morgan fingerprint density at radius 3 is 2.64 bits per heavy atom. The number of piperidine rings is 1. The zero-order valence-electron chi connectivity index (χ0n) is 15.6. The number of rotatable bonds is 6. The third-order valence-corrected chi connectivity index (χ3v) is 4.68. The molecule has 1 fully saturated rings. The molecule has 0 amide bonds. The number of aliphatic imine (C=N–C) groups is 1. The molecule has 1 saturated heterocycles. The molecule has 0 aliphatic carbocycles. The lowest BCUT2D eigenvalue weighted by Crippen LogP contribution is -2.39. The molecule has 1 aliphatic heterocycles. The van der Waals surface area contributed by atoms with Crippen LogP contribution in [-0.4, -0.2) is 50.6 Å². The van der Waals surface area contributed by atoms with E-state index < -0.39 is 0 Å². The van der Waals surface area contributed by atoms with Crippen LogP contribution in [0, 0.1) is 18.7 Å². The van der Waals surface area contributed by atoms with Gasteiger partial charge in [0.2, 0.25) is 0 Å². The molecular weight excluding hydrogens is 430 g/mol. The number of halogens is 2. The summed E-state index contributed by atoms with van der Waals surface area (Å²) in [6.07, 6.45) is 3.33. The normalized spacial score (nSPS) is 16.4. The number of hydrogen-bond acceptors (Lipinski definition) is 2. The number of guanidine groups is 1. The van der Waals surface area contributed by atoms with Crippen molar-refractivity contribution in [3.8, 4) is 0 Å². The topological polar surface area (TPSA) is 39.7 Å². The molecule has 0 spiro atoms. The Hall–Kier alpha value is -0.890. The highest BCUT2D eigenvalue weighted by molar-refractivity contribution is 14.0. The van der Waals surface area contributed by atoms with Crippen molar-refractivity contribution in [1.82, 2.24) is 15.5 Å². The number of likely N-dealkylation sites (tertiary alicyclic amines) is 1. The molecule has 25 heavy (non-hydrogen) atoms. The van der Waals surface area contributed by atoms with Crippen LogP contribution in [-0.2, 0) is 6.42 Å². The van der Waals surface area contributed by atoms with Crippen molar-refractivity contribution in [3.63, 3.8) is 0 Å². The predicted octanol–water partition coefficient (Wildman–Crippen LogP) is 3.19. The van der Waals surface area contributed by atoms with Crippen LogP contribution in [0.1, 0.15) is 30.9 Å². The fraction of sp³-hybridized carbons (Fsp3) is 0.632. The molecule has 0 unspecified atom stereocenters. The Bertz CT molecular complexity index is 542. The quantitative estimate of drug-likeness (QED) is 0.388. The Labute approximate surface area is 168 Å². The van der Waals surface area contributed by atoms with Gasteiger partial charge >= 0.3 is 0 Å². The molecule has 2 N–H and O–H groups in total. The maximum Gasteiger partial charge on any atom is 0.191 e. The molecule has 0 bridgehead atoms. The van der Waals surface area contributed by atoms with Crippen molar-refractivity contribution in [1.29, 1.82) is 0 Å². The third kappa shape index (κ3) is 7.90. The Morgan fingerprint density at radius 2 is 2.00 bits per heavy atom. The van der Waals surface area contributed by atoms with Crippen LogP contribution in [0.5, 0.6) is 0 Å². The molecule has 1 aliphatic rings. The van der Waals surface area contributed by atoms with Crippen LogP contribution in [0.4, 0.5) is 4.39 Å². The second-order valence-electron chi connectivity index (χ2n) is 6.71. The highest BCUT2D eigenvalue weighted by Crippen LogP contribution is 2.16. The molecule has 0 atom stereocenters. The predicted molar refractivity (Wildman–Crippen MR) is 114 cm³/mol. The van der Waals surface area contributed by atoms with E-state index in [1.54, 1.807) is 6.07 Å². The number of nitrogens with one attached hydrogen (secondary N) is 2. The summed E-state index contributed by atoms with van der Waals surface area (Å²) in [5, 5.41) is 6.70. The van der Waals surface area contributed by atoms with E-state index in [2.05, 4.69) is 29.5 Å². The van der Waals surface area contributed by atoms with Crippen LogP contribution in [0.15, 0.2) is 23.2 Å². The zero-order valence-corrected chi connectivity index (χ0v) is 18.0. The van der Waals surface area contributed by atoms with Crippen LogP contribution >= 0.6 is 24.0 Å². The smallest absolute Gasteiger partial charge is 0.191 e. The summed E-state index contributed by atoms with van der Waals surface area (Å²) in [6, 6.07) is 4.99. The van der Waals surface area contributed by atoms with Gasteiger partial charge in [0.15, 0.2) is 5.96 Å². The number of nitrogens with zero attached hydrogens (tertiary/aromatic N) is 2. The van der Waals surface area contributed by atoms with Crippen LogP contribution in [0.2, 0.25) is 0 Å². The van der Waals surface area contributed by atoms with E-state index in [9.17, 15) is 4.39 Å². The minimum atomic E-state index is -0.169. The van der Waals surface area contributed by atoms with E-state index in [4.69, 9.17) is 4.99 Å². The lowest BCUT2D eigenvalue weighted by atomic mass is 9.97. The molecule has 0 saturated carbocycles. The molecule has 6 heteroatoms. The van der Waals surface area contributed by atoms with Crippen molar-refractivity contribution in [2.75, 3.05) is 39.8 Å². The first kappa shape index (κ1) is 22.2. The molecular formula is C19H32FIN4. The average Bonchev–Trinajstić information content (AvgIpc) is 2.56. The summed E-state index contributed by atoms with van der Waals surface area (Å²) in [7, 11) is 2.18. The van der Waals surface area contributed by atoms with E-state index in [-0.39, 0.29) is 29.8 Å². The fourth-order valence-electron chi connectivity index (χ4n) is 3.06. The van der Waals surface area contributed by atoms with Crippen molar-refractivity contribution in [3.05, 3.63) is 35.1 Å². The van der Waals surface area contributed by atoms with Crippen molar-refractivity contribution in [2.24, 2.45) is 10.9 Å². The second-order valence-corrected chi connectivity index (χ2v) is 6.71. The second kappa shape index (κ2) is 11.7. The summed E-state index contributed by atoms with van der Waals surface area (Å²) < 4.78 is 13.2. The molecule has 142 valence electrons. The highest BCUT2D eigenvalue weighted by Gasteiger charge is 2.16. The van der Waals surface area contributed by atoms with E-state index in [0.29, 0.717) is 5.92 Å². The number of hydrogen-bond donors (Lipinski definition) is 2. The van der Waals surface area contributed by atoms with Gasteiger partial charge in [0, 0.05) is 19.6 Å². The number of benzene rings is 1. The van der Waals surface area contributed by atoms with E-state index in [1.165, 1.54) is 37.6 Å². The zero-order chi connectivity index (χ0) is 17.4. The Morgan fingerprint density at radius 1 is 1.28 bits per heavy atom.